The fraction of sp³-hybridized carbons (Fsp3) is 0.417. The van der Waals surface area contributed by atoms with E-state index in [4.69, 9.17) is 0 Å². The van der Waals surface area contributed by atoms with Crippen LogP contribution in [0.5, 0.6) is 0 Å². The summed E-state index contributed by atoms with van der Waals surface area (Å²) in [5, 5.41) is 0. The van der Waals surface area contributed by atoms with Gasteiger partial charge in [0.2, 0.25) is 0 Å². The molecular formula is C24H29N. The van der Waals surface area contributed by atoms with Gasteiger partial charge in [0, 0.05) is 18.6 Å². The van der Waals surface area contributed by atoms with Crippen LogP contribution in [-0.2, 0) is 13.0 Å². The van der Waals surface area contributed by atoms with E-state index in [9.17, 15) is 0 Å². The van der Waals surface area contributed by atoms with E-state index in [0.717, 1.165) is 19.0 Å². The fourth-order valence-corrected chi connectivity index (χ4v) is 4.81. The van der Waals surface area contributed by atoms with Gasteiger partial charge in [0.15, 0.2) is 0 Å². The van der Waals surface area contributed by atoms with E-state index in [2.05, 4.69) is 73.4 Å². The molecule has 0 saturated carbocycles. The highest BCUT2D eigenvalue weighted by Crippen LogP contribution is 2.35. The Kier molecular flexibility index (Phi) is 4.76. The van der Waals surface area contributed by atoms with Crippen LogP contribution in [0.1, 0.15) is 47.9 Å². The van der Waals surface area contributed by atoms with Crippen LogP contribution in [0.15, 0.2) is 60.2 Å². The van der Waals surface area contributed by atoms with Crippen molar-refractivity contribution in [1.29, 1.82) is 0 Å². The second kappa shape index (κ2) is 7.17. The molecule has 0 amide bonds. The highest BCUT2D eigenvalue weighted by Gasteiger charge is 2.33. The lowest BCUT2D eigenvalue weighted by Gasteiger charge is -2.45. The summed E-state index contributed by atoms with van der Waals surface area (Å²) in [4.78, 5) is 2.75. The Bertz CT molecular complexity index is 739. The molecule has 1 saturated heterocycles. The maximum atomic E-state index is 2.75. The first-order valence-electron chi connectivity index (χ1n) is 9.74. The molecule has 2 aromatic rings. The van der Waals surface area contributed by atoms with Crippen LogP contribution in [0.25, 0.3) is 0 Å². The Balaban J connectivity index is 1.52. The molecule has 0 aliphatic carbocycles. The molecule has 2 aliphatic rings. The van der Waals surface area contributed by atoms with E-state index in [0.29, 0.717) is 6.04 Å². The van der Waals surface area contributed by atoms with Crippen LogP contribution in [0.3, 0.4) is 0 Å². The highest BCUT2D eigenvalue weighted by molar-refractivity contribution is 5.33. The number of hydrogen-bond acceptors (Lipinski definition) is 1. The lowest BCUT2D eigenvalue weighted by molar-refractivity contribution is 0.0880. The number of aryl methyl sites for hydroxylation is 2. The first-order chi connectivity index (χ1) is 12.2. The van der Waals surface area contributed by atoms with Gasteiger partial charge in [-0.2, -0.15) is 0 Å². The summed E-state index contributed by atoms with van der Waals surface area (Å²) in [7, 11) is 0. The van der Waals surface area contributed by atoms with Crippen molar-refractivity contribution in [2.45, 2.75) is 64.6 Å². The van der Waals surface area contributed by atoms with Crippen molar-refractivity contribution < 1.29 is 0 Å². The average Bonchev–Trinajstić information content (AvgIpc) is 2.55. The Labute approximate surface area is 152 Å². The van der Waals surface area contributed by atoms with E-state index >= 15 is 0 Å². The van der Waals surface area contributed by atoms with Crippen molar-refractivity contribution in [2.24, 2.45) is 0 Å². The minimum absolute atomic E-state index is 0.633. The zero-order valence-electron chi connectivity index (χ0n) is 15.5. The molecule has 2 unspecified atom stereocenters. The van der Waals surface area contributed by atoms with Crippen molar-refractivity contribution in [3.63, 3.8) is 0 Å². The number of piperidine rings is 1. The summed E-state index contributed by atoms with van der Waals surface area (Å²) in [6, 6.07) is 19.3. The predicted molar refractivity (Wildman–Crippen MR) is 106 cm³/mol. The van der Waals surface area contributed by atoms with Crippen LogP contribution >= 0.6 is 0 Å². The Hall–Kier alpha value is -1.86. The molecule has 1 nitrogen and oxygen atoms in total. The zero-order chi connectivity index (χ0) is 17.2. The van der Waals surface area contributed by atoms with E-state index in [1.54, 1.807) is 5.57 Å². The molecule has 0 spiro atoms. The quantitative estimate of drug-likeness (QED) is 0.659. The molecule has 1 heteroatoms. The molecule has 2 aliphatic heterocycles. The molecule has 0 N–H and O–H groups in total. The maximum Gasteiger partial charge on any atom is 0.0287 e. The summed E-state index contributed by atoms with van der Waals surface area (Å²) >= 11 is 0. The van der Waals surface area contributed by atoms with Crippen LogP contribution in [0.2, 0.25) is 0 Å². The van der Waals surface area contributed by atoms with Gasteiger partial charge in [0.1, 0.15) is 0 Å². The van der Waals surface area contributed by atoms with Crippen molar-refractivity contribution in [1.82, 2.24) is 4.90 Å². The topological polar surface area (TPSA) is 3.24 Å². The van der Waals surface area contributed by atoms with Gasteiger partial charge < -0.3 is 0 Å². The maximum absolute atomic E-state index is 2.75. The van der Waals surface area contributed by atoms with Crippen LogP contribution in [0.4, 0.5) is 0 Å². The minimum Gasteiger partial charge on any atom is -0.289 e. The molecule has 2 atom stereocenters. The Morgan fingerprint density at radius 1 is 0.920 bits per heavy atom. The third-order valence-electron chi connectivity index (χ3n) is 5.78. The lowest BCUT2D eigenvalue weighted by Crippen LogP contribution is -2.48. The molecule has 130 valence electrons. The summed E-state index contributed by atoms with van der Waals surface area (Å²) in [5.74, 6) is 0. The number of benzene rings is 2. The van der Waals surface area contributed by atoms with E-state index in [1.165, 1.54) is 47.9 Å². The van der Waals surface area contributed by atoms with Crippen molar-refractivity contribution in [3.8, 4) is 0 Å². The van der Waals surface area contributed by atoms with E-state index in [1.807, 2.05) is 0 Å². The molecule has 2 heterocycles. The predicted octanol–water partition coefficient (Wildman–Crippen LogP) is 5.60. The Morgan fingerprint density at radius 3 is 2.40 bits per heavy atom. The average molecular weight is 332 g/mol. The number of hydrogen-bond donors (Lipinski definition) is 0. The SMILES string of the molecule is Cc1cc(C)cc(CC2=CC3CCCC(C2)N3Cc2ccccc2)c1. The third-order valence-corrected chi connectivity index (χ3v) is 5.78. The lowest BCUT2D eigenvalue weighted by atomic mass is 9.82. The molecule has 0 radical (unpaired) electrons. The molecule has 4 rings (SSSR count). The second-order valence-corrected chi connectivity index (χ2v) is 8.01. The molecule has 1 fully saturated rings. The smallest absolute Gasteiger partial charge is 0.0287 e. The largest absolute Gasteiger partial charge is 0.289 e. The summed E-state index contributed by atoms with van der Waals surface area (Å²) in [5.41, 5.74) is 7.36. The van der Waals surface area contributed by atoms with Crippen LogP contribution in [-0.4, -0.2) is 17.0 Å². The number of rotatable bonds is 4. The zero-order valence-corrected chi connectivity index (χ0v) is 15.5. The summed E-state index contributed by atoms with van der Waals surface area (Å²) < 4.78 is 0. The standard InChI is InChI=1S/C24H29N/c1-18-11-19(2)13-21(12-18)14-22-15-23-9-6-10-24(16-22)25(23)17-20-7-4-3-5-8-20/h3-5,7-8,11-13,15,23-24H,6,9-10,14,16-17H2,1-2H3. The van der Waals surface area contributed by atoms with Gasteiger partial charge in [-0.25, -0.2) is 0 Å². The van der Waals surface area contributed by atoms with Crippen molar-refractivity contribution in [3.05, 3.63) is 82.4 Å². The van der Waals surface area contributed by atoms with Crippen molar-refractivity contribution in [2.75, 3.05) is 0 Å². The molecular weight excluding hydrogens is 302 g/mol. The minimum atomic E-state index is 0.633. The number of nitrogens with zero attached hydrogens (tertiary/aromatic N) is 1. The van der Waals surface area contributed by atoms with Gasteiger partial charge in [-0.15, -0.1) is 0 Å². The fourth-order valence-electron chi connectivity index (χ4n) is 4.81. The molecule has 2 aromatic carbocycles. The van der Waals surface area contributed by atoms with Gasteiger partial charge in [0.05, 0.1) is 0 Å². The van der Waals surface area contributed by atoms with Gasteiger partial charge in [-0.05, 0) is 50.7 Å². The molecule has 0 aromatic heterocycles. The second-order valence-electron chi connectivity index (χ2n) is 8.01. The van der Waals surface area contributed by atoms with Gasteiger partial charge in [-0.1, -0.05) is 77.7 Å². The summed E-state index contributed by atoms with van der Waals surface area (Å²) in [6.45, 7) is 5.52. The third kappa shape index (κ3) is 3.88. The first kappa shape index (κ1) is 16.6. The van der Waals surface area contributed by atoms with Gasteiger partial charge >= 0.3 is 0 Å². The monoisotopic (exact) mass is 331 g/mol. The van der Waals surface area contributed by atoms with E-state index < -0.39 is 0 Å². The van der Waals surface area contributed by atoms with Crippen LogP contribution < -0.4 is 0 Å². The number of fused-ring (bicyclic) bond motifs is 2. The highest BCUT2D eigenvalue weighted by atomic mass is 15.2. The summed E-state index contributed by atoms with van der Waals surface area (Å²) in [6.07, 6.45) is 9.03. The van der Waals surface area contributed by atoms with Crippen LogP contribution in [0, 0.1) is 13.8 Å². The van der Waals surface area contributed by atoms with Crippen molar-refractivity contribution >= 4 is 0 Å². The molecule has 2 bridgehead atoms. The molecule has 25 heavy (non-hydrogen) atoms. The van der Waals surface area contributed by atoms with Gasteiger partial charge in [-0.3, -0.25) is 4.90 Å². The first-order valence-corrected chi connectivity index (χ1v) is 9.74. The normalized spacial score (nSPS) is 23.4. The Morgan fingerprint density at radius 2 is 1.68 bits per heavy atom. The van der Waals surface area contributed by atoms with E-state index in [-0.39, 0.29) is 0 Å². The van der Waals surface area contributed by atoms with Gasteiger partial charge in [0.25, 0.3) is 0 Å².